The molecule has 0 saturated carbocycles. The topological polar surface area (TPSA) is 41.5 Å². The Labute approximate surface area is 144 Å². The summed E-state index contributed by atoms with van der Waals surface area (Å²) in [4.78, 5) is 0. The molecule has 0 radical (unpaired) electrons. The van der Waals surface area contributed by atoms with Gasteiger partial charge in [0.1, 0.15) is 12.4 Å². The van der Waals surface area contributed by atoms with Crippen LogP contribution in [-0.4, -0.2) is 12.1 Å². The highest BCUT2D eigenvalue weighted by molar-refractivity contribution is 6.53. The van der Waals surface area contributed by atoms with Crippen molar-refractivity contribution in [1.82, 2.24) is 0 Å². The molecule has 124 valence electrons. The zero-order valence-electron chi connectivity index (χ0n) is 14.5. The van der Waals surface area contributed by atoms with Crippen LogP contribution in [0.25, 0.3) is 10.8 Å². The highest BCUT2D eigenvalue weighted by Crippen LogP contribution is 2.28. The van der Waals surface area contributed by atoms with Gasteiger partial charge in [0.15, 0.2) is 0 Å². The lowest BCUT2D eigenvalue weighted by Gasteiger charge is -2.12. The zero-order valence-corrected chi connectivity index (χ0v) is 14.5. The normalized spacial score (nSPS) is 9.83. The molecule has 0 aliphatic heterocycles. The van der Waals surface area contributed by atoms with Crippen LogP contribution >= 0.6 is 0 Å². The fourth-order valence-electron chi connectivity index (χ4n) is 2.43. The highest BCUT2D eigenvalue weighted by Gasteiger charge is 2.07. The monoisotopic (exact) mass is 321 g/mol. The quantitative estimate of drug-likeness (QED) is 0.652. The first-order valence-electron chi connectivity index (χ1n) is 8.36. The highest BCUT2D eigenvalue weighted by atomic mass is 16.5. The summed E-state index contributed by atoms with van der Waals surface area (Å²) in [6.45, 7) is 6.24. The maximum absolute atomic E-state index is 9.54. The lowest BCUT2D eigenvalue weighted by molar-refractivity contribution is 0.306. The summed E-state index contributed by atoms with van der Waals surface area (Å²) >= 11 is 0. The van der Waals surface area contributed by atoms with Crippen molar-refractivity contribution >= 4 is 23.5 Å². The third-order valence-corrected chi connectivity index (χ3v) is 3.47. The van der Waals surface area contributed by atoms with E-state index >= 15 is 0 Å². The number of anilines is 1. The summed E-state index contributed by atoms with van der Waals surface area (Å²) in [5.74, 6) is 0.816. The van der Waals surface area contributed by atoms with Crippen molar-refractivity contribution in [2.45, 2.75) is 27.3 Å². The predicted octanol–water partition coefficient (Wildman–Crippen LogP) is 4.97. The van der Waals surface area contributed by atoms with E-state index < -0.39 is 7.05 Å². The van der Waals surface area contributed by atoms with Gasteiger partial charge in [0.25, 0.3) is 0 Å². The number of ether oxygens (including phenoxy) is 1. The van der Waals surface area contributed by atoms with Gasteiger partial charge in [0.2, 0.25) is 0 Å². The van der Waals surface area contributed by atoms with Crippen LogP contribution in [0.1, 0.15) is 19.4 Å². The molecule has 0 unspecified atom stereocenters. The first-order valence-corrected chi connectivity index (χ1v) is 8.36. The molecule has 0 amide bonds. The molecule has 4 heteroatoms. The summed E-state index contributed by atoms with van der Waals surface area (Å²) < 4.78 is 5.87. The van der Waals surface area contributed by atoms with E-state index in [-0.39, 0.29) is 0 Å². The molecule has 0 fully saturated rings. The molecular weight excluding hydrogens is 297 g/mol. The second-order valence-electron chi connectivity index (χ2n) is 5.28. The van der Waals surface area contributed by atoms with Gasteiger partial charge in [-0.2, -0.15) is 0 Å². The number of hydrogen-bond acceptors (Lipinski definition) is 3. The molecule has 0 atom stereocenters. The van der Waals surface area contributed by atoms with Crippen molar-refractivity contribution in [1.29, 1.82) is 0 Å². The van der Waals surface area contributed by atoms with E-state index in [2.05, 4.69) is 5.23 Å². The van der Waals surface area contributed by atoms with Crippen molar-refractivity contribution in [3.63, 3.8) is 0 Å². The van der Waals surface area contributed by atoms with Gasteiger partial charge in [-0.3, -0.25) is 0 Å². The molecule has 0 aliphatic rings. The van der Waals surface area contributed by atoms with E-state index in [9.17, 15) is 5.02 Å². The largest absolute Gasteiger partial charge is 0.489 e. The van der Waals surface area contributed by atoms with Gasteiger partial charge in [-0.15, -0.1) is 0 Å². The third-order valence-electron chi connectivity index (χ3n) is 3.47. The minimum absolute atomic E-state index is 0.540. The van der Waals surface area contributed by atoms with Crippen LogP contribution in [0.3, 0.4) is 0 Å². The molecule has 0 aliphatic carbocycles. The average molecular weight is 321 g/mol. The molecule has 3 aromatic carbocycles. The minimum atomic E-state index is -0.598. The van der Waals surface area contributed by atoms with Crippen LogP contribution in [0.2, 0.25) is 6.82 Å². The van der Waals surface area contributed by atoms with E-state index in [1.54, 1.807) is 6.82 Å². The van der Waals surface area contributed by atoms with Gasteiger partial charge in [-0.05, 0) is 36.0 Å². The van der Waals surface area contributed by atoms with E-state index in [1.807, 2.05) is 80.6 Å². The third kappa shape index (κ3) is 4.77. The van der Waals surface area contributed by atoms with Gasteiger partial charge < -0.3 is 15.0 Å². The molecule has 3 rings (SSSR count). The van der Waals surface area contributed by atoms with Crippen LogP contribution in [0.15, 0.2) is 66.7 Å². The minimum Gasteiger partial charge on any atom is -0.489 e. The summed E-state index contributed by atoms with van der Waals surface area (Å²) in [6, 6.07) is 22.1. The Morgan fingerprint density at radius 3 is 2.42 bits per heavy atom. The molecule has 2 N–H and O–H groups in total. The Hall–Kier alpha value is -2.46. The lowest BCUT2D eigenvalue weighted by atomic mass is 9.88. The van der Waals surface area contributed by atoms with E-state index in [4.69, 9.17) is 4.74 Å². The van der Waals surface area contributed by atoms with Gasteiger partial charge in [-0.1, -0.05) is 62.4 Å². The van der Waals surface area contributed by atoms with Crippen molar-refractivity contribution in [3.8, 4) is 5.75 Å². The van der Waals surface area contributed by atoms with E-state index in [1.165, 1.54) is 0 Å². The Balaban J connectivity index is 0.00000100. The van der Waals surface area contributed by atoms with E-state index in [0.717, 1.165) is 27.8 Å². The standard InChI is InChI=1S/C18H18BNO2.C2H6/c1-19(21)20-18-9-5-8-15-10-11-16(12-17(15)18)22-13-14-6-3-2-4-7-14;1-2/h2-12,20-21H,13H2,1H3;1-2H3. The first-order chi connectivity index (χ1) is 11.7. The summed E-state index contributed by atoms with van der Waals surface area (Å²) in [5, 5.41) is 14.7. The van der Waals surface area contributed by atoms with Crippen LogP contribution in [0.4, 0.5) is 5.69 Å². The van der Waals surface area contributed by atoms with Crippen molar-refractivity contribution < 1.29 is 9.76 Å². The molecule has 0 saturated heterocycles. The van der Waals surface area contributed by atoms with Crippen molar-refractivity contribution in [3.05, 3.63) is 72.3 Å². The molecule has 3 nitrogen and oxygen atoms in total. The van der Waals surface area contributed by atoms with Gasteiger partial charge >= 0.3 is 7.05 Å². The molecule has 0 aromatic heterocycles. The second-order valence-corrected chi connectivity index (χ2v) is 5.28. The SMILES string of the molecule is CB(O)Nc1cccc2ccc(OCc3ccccc3)cc12.CC. The van der Waals surface area contributed by atoms with Gasteiger partial charge in [0, 0.05) is 11.1 Å². The van der Waals surface area contributed by atoms with Gasteiger partial charge in [0.05, 0.1) is 0 Å². The number of nitrogens with one attached hydrogen (secondary N) is 1. The molecule has 3 aromatic rings. The molecule has 24 heavy (non-hydrogen) atoms. The number of rotatable bonds is 5. The lowest BCUT2D eigenvalue weighted by Crippen LogP contribution is -2.19. The van der Waals surface area contributed by atoms with E-state index in [0.29, 0.717) is 6.61 Å². The van der Waals surface area contributed by atoms with Crippen molar-refractivity contribution in [2.75, 3.05) is 5.23 Å². The summed E-state index contributed by atoms with van der Waals surface area (Å²) in [6.07, 6.45) is 0. The number of hydrogen-bond donors (Lipinski definition) is 2. The fourth-order valence-corrected chi connectivity index (χ4v) is 2.43. The average Bonchev–Trinajstić information content (AvgIpc) is 2.62. The maximum Gasteiger partial charge on any atom is 0.406 e. The Kier molecular flexibility index (Phi) is 6.70. The van der Waals surface area contributed by atoms with Crippen LogP contribution in [0.5, 0.6) is 5.75 Å². The summed E-state index contributed by atoms with van der Waals surface area (Å²) in [7, 11) is -0.598. The van der Waals surface area contributed by atoms with Crippen LogP contribution in [0, 0.1) is 0 Å². The maximum atomic E-state index is 9.54. The number of fused-ring (bicyclic) bond motifs is 1. The first kappa shape index (κ1) is 17.9. The summed E-state index contributed by atoms with van der Waals surface area (Å²) in [5.41, 5.74) is 2.04. The Morgan fingerprint density at radius 2 is 1.71 bits per heavy atom. The van der Waals surface area contributed by atoms with Gasteiger partial charge in [-0.25, -0.2) is 0 Å². The fraction of sp³-hybridized carbons (Fsp3) is 0.200. The number of benzene rings is 3. The second kappa shape index (κ2) is 8.99. The predicted molar refractivity (Wildman–Crippen MR) is 104 cm³/mol. The Morgan fingerprint density at radius 1 is 0.958 bits per heavy atom. The van der Waals surface area contributed by atoms with Crippen LogP contribution in [-0.2, 0) is 6.61 Å². The molecule has 0 bridgehead atoms. The molecule has 0 spiro atoms. The Bertz CT molecular complexity index is 760. The zero-order chi connectivity index (χ0) is 17.4. The molecule has 0 heterocycles. The molecular formula is C20H24BNO2. The van der Waals surface area contributed by atoms with Crippen molar-refractivity contribution in [2.24, 2.45) is 0 Å². The van der Waals surface area contributed by atoms with Crippen LogP contribution < -0.4 is 9.96 Å². The smallest absolute Gasteiger partial charge is 0.406 e.